The average molecular weight is 229 g/mol. The zero-order chi connectivity index (χ0) is 11.3. The number of aromatic nitrogens is 1. The van der Waals surface area contributed by atoms with Gasteiger partial charge in [-0.2, -0.15) is 0 Å². The van der Waals surface area contributed by atoms with Crippen molar-refractivity contribution in [3.8, 4) is 0 Å². The summed E-state index contributed by atoms with van der Waals surface area (Å²) in [4.78, 5) is 4.13. The quantitative estimate of drug-likeness (QED) is 0.814. The number of hydrogen-bond donors (Lipinski definition) is 2. The minimum atomic E-state index is 0.0451. The van der Waals surface area contributed by atoms with E-state index in [4.69, 9.17) is 11.6 Å². The molecule has 1 aromatic heterocycles. The van der Waals surface area contributed by atoms with Gasteiger partial charge in [0.15, 0.2) is 0 Å². The maximum Gasteiger partial charge on any atom is 0.126 e. The summed E-state index contributed by atoms with van der Waals surface area (Å²) in [6, 6.07) is 3.64. The molecule has 2 atom stereocenters. The second kappa shape index (κ2) is 5.93. The van der Waals surface area contributed by atoms with Crippen molar-refractivity contribution in [2.75, 3.05) is 11.9 Å². The van der Waals surface area contributed by atoms with Crippen LogP contribution in [-0.2, 0) is 0 Å². The first kappa shape index (κ1) is 12.3. The van der Waals surface area contributed by atoms with Crippen LogP contribution in [0.4, 0.5) is 5.82 Å². The Balaban J connectivity index is 2.62. The number of anilines is 1. The third-order valence-electron chi connectivity index (χ3n) is 2.59. The van der Waals surface area contributed by atoms with Crippen molar-refractivity contribution in [1.82, 2.24) is 4.98 Å². The summed E-state index contributed by atoms with van der Waals surface area (Å²) in [5, 5.41) is 13.0. The molecule has 4 heteroatoms. The number of nitrogens with zero attached hydrogens (tertiary/aromatic N) is 1. The number of aliphatic hydroxyl groups is 1. The Labute approximate surface area is 95.5 Å². The van der Waals surface area contributed by atoms with E-state index >= 15 is 0 Å². The van der Waals surface area contributed by atoms with Crippen molar-refractivity contribution in [3.63, 3.8) is 0 Å². The normalized spacial score (nSPS) is 14.7. The van der Waals surface area contributed by atoms with Gasteiger partial charge in [0.2, 0.25) is 0 Å². The lowest BCUT2D eigenvalue weighted by atomic mass is 10.00. The second-order valence-corrected chi connectivity index (χ2v) is 4.12. The molecule has 0 fully saturated rings. The predicted molar refractivity (Wildman–Crippen MR) is 63.2 cm³/mol. The molecule has 0 aromatic carbocycles. The molecule has 1 heterocycles. The average Bonchev–Trinajstić information content (AvgIpc) is 2.27. The van der Waals surface area contributed by atoms with Crippen molar-refractivity contribution in [2.24, 2.45) is 5.92 Å². The summed E-state index contributed by atoms with van der Waals surface area (Å²) in [6.07, 6.45) is 2.61. The van der Waals surface area contributed by atoms with Gasteiger partial charge < -0.3 is 10.4 Å². The Kier molecular flexibility index (Phi) is 4.85. The van der Waals surface area contributed by atoms with Crippen LogP contribution in [0.2, 0.25) is 5.02 Å². The molecular formula is C11H17ClN2O. The van der Waals surface area contributed by atoms with Crippen LogP contribution in [0.5, 0.6) is 0 Å². The van der Waals surface area contributed by atoms with Crippen LogP contribution in [0, 0.1) is 5.92 Å². The molecule has 0 unspecified atom stereocenters. The van der Waals surface area contributed by atoms with E-state index in [2.05, 4.69) is 24.1 Å². The fourth-order valence-electron chi connectivity index (χ4n) is 1.30. The van der Waals surface area contributed by atoms with Crippen LogP contribution >= 0.6 is 11.6 Å². The van der Waals surface area contributed by atoms with E-state index in [0.29, 0.717) is 10.9 Å². The largest absolute Gasteiger partial charge is 0.394 e. The summed E-state index contributed by atoms with van der Waals surface area (Å²) in [5.74, 6) is 1.16. The molecule has 84 valence electrons. The molecule has 0 aliphatic heterocycles. The topological polar surface area (TPSA) is 45.1 Å². The van der Waals surface area contributed by atoms with Crippen LogP contribution in [0.25, 0.3) is 0 Å². The highest BCUT2D eigenvalue weighted by molar-refractivity contribution is 6.30. The van der Waals surface area contributed by atoms with Gasteiger partial charge in [0.05, 0.1) is 17.7 Å². The molecule has 15 heavy (non-hydrogen) atoms. The van der Waals surface area contributed by atoms with Crippen LogP contribution in [-0.4, -0.2) is 22.7 Å². The Hall–Kier alpha value is -0.800. The summed E-state index contributed by atoms with van der Waals surface area (Å²) < 4.78 is 0. The predicted octanol–water partition coefficient (Wildman–Crippen LogP) is 2.55. The van der Waals surface area contributed by atoms with E-state index in [1.54, 1.807) is 12.3 Å². The third kappa shape index (κ3) is 3.68. The van der Waals surface area contributed by atoms with Gasteiger partial charge in [-0.3, -0.25) is 0 Å². The first-order valence-corrected chi connectivity index (χ1v) is 5.54. The Morgan fingerprint density at radius 3 is 2.73 bits per heavy atom. The van der Waals surface area contributed by atoms with Crippen molar-refractivity contribution in [1.29, 1.82) is 0 Å². The number of nitrogens with one attached hydrogen (secondary N) is 1. The molecule has 1 rings (SSSR count). The highest BCUT2D eigenvalue weighted by Crippen LogP contribution is 2.14. The fraction of sp³-hybridized carbons (Fsp3) is 0.545. The van der Waals surface area contributed by atoms with Crippen LogP contribution < -0.4 is 5.32 Å². The summed E-state index contributed by atoms with van der Waals surface area (Å²) in [5.41, 5.74) is 0. The lowest BCUT2D eigenvalue weighted by Crippen LogP contribution is -2.31. The van der Waals surface area contributed by atoms with Crippen molar-refractivity contribution >= 4 is 17.4 Å². The minimum absolute atomic E-state index is 0.0451. The minimum Gasteiger partial charge on any atom is -0.394 e. The summed E-state index contributed by atoms with van der Waals surface area (Å²) in [7, 11) is 0. The van der Waals surface area contributed by atoms with Crippen molar-refractivity contribution in [2.45, 2.75) is 26.3 Å². The molecule has 0 aliphatic rings. The molecule has 0 bridgehead atoms. The zero-order valence-electron chi connectivity index (χ0n) is 9.07. The third-order valence-corrected chi connectivity index (χ3v) is 2.81. The van der Waals surface area contributed by atoms with E-state index in [1.165, 1.54) is 0 Å². The molecule has 3 nitrogen and oxygen atoms in total. The second-order valence-electron chi connectivity index (χ2n) is 3.68. The molecule has 0 amide bonds. The number of rotatable bonds is 5. The summed E-state index contributed by atoms with van der Waals surface area (Å²) >= 11 is 5.73. The van der Waals surface area contributed by atoms with Gasteiger partial charge in [-0.15, -0.1) is 0 Å². The van der Waals surface area contributed by atoms with E-state index in [0.717, 1.165) is 12.2 Å². The van der Waals surface area contributed by atoms with Gasteiger partial charge in [-0.1, -0.05) is 31.9 Å². The molecule has 0 spiro atoms. The maximum absolute atomic E-state index is 9.23. The summed E-state index contributed by atoms with van der Waals surface area (Å²) in [6.45, 7) is 4.31. The molecule has 0 aliphatic carbocycles. The van der Waals surface area contributed by atoms with Crippen molar-refractivity contribution < 1.29 is 5.11 Å². The lowest BCUT2D eigenvalue weighted by molar-refractivity contribution is 0.241. The zero-order valence-corrected chi connectivity index (χ0v) is 9.83. The molecule has 0 radical (unpaired) electrons. The van der Waals surface area contributed by atoms with Crippen LogP contribution in [0.3, 0.4) is 0 Å². The molecular weight excluding hydrogens is 212 g/mol. The van der Waals surface area contributed by atoms with E-state index in [9.17, 15) is 5.11 Å². The smallest absolute Gasteiger partial charge is 0.126 e. The fourth-order valence-corrected chi connectivity index (χ4v) is 1.42. The van der Waals surface area contributed by atoms with Crippen molar-refractivity contribution in [3.05, 3.63) is 23.4 Å². The maximum atomic E-state index is 9.23. The monoisotopic (exact) mass is 228 g/mol. The molecule has 2 N–H and O–H groups in total. The first-order chi connectivity index (χ1) is 7.17. The number of halogens is 1. The van der Waals surface area contributed by atoms with Gasteiger partial charge in [0.1, 0.15) is 5.82 Å². The Bertz CT molecular complexity index is 289. The Morgan fingerprint density at radius 2 is 2.27 bits per heavy atom. The van der Waals surface area contributed by atoms with Gasteiger partial charge in [-0.05, 0) is 18.1 Å². The van der Waals surface area contributed by atoms with Gasteiger partial charge in [0.25, 0.3) is 0 Å². The number of pyridine rings is 1. The van der Waals surface area contributed by atoms with E-state index < -0.39 is 0 Å². The van der Waals surface area contributed by atoms with Gasteiger partial charge in [-0.25, -0.2) is 4.98 Å². The van der Waals surface area contributed by atoms with Gasteiger partial charge in [0, 0.05) is 6.20 Å². The van der Waals surface area contributed by atoms with Gasteiger partial charge >= 0.3 is 0 Å². The standard InChI is InChI=1S/C11H17ClN2O/c1-3-8(2)10(7-15)14-11-5-4-9(12)6-13-11/h4-6,8,10,15H,3,7H2,1-2H3,(H,13,14)/t8-,10-/m0/s1. The SMILES string of the molecule is CC[C@H](C)[C@H](CO)Nc1ccc(Cl)cn1. The molecule has 0 saturated carbocycles. The van der Waals surface area contributed by atoms with Crippen LogP contribution in [0.1, 0.15) is 20.3 Å². The first-order valence-electron chi connectivity index (χ1n) is 5.16. The molecule has 1 aromatic rings. The Morgan fingerprint density at radius 1 is 1.53 bits per heavy atom. The highest BCUT2D eigenvalue weighted by atomic mass is 35.5. The van der Waals surface area contributed by atoms with Crippen LogP contribution in [0.15, 0.2) is 18.3 Å². The van der Waals surface area contributed by atoms with E-state index in [-0.39, 0.29) is 12.6 Å². The number of hydrogen-bond acceptors (Lipinski definition) is 3. The highest BCUT2D eigenvalue weighted by Gasteiger charge is 2.14. The number of aliphatic hydroxyl groups excluding tert-OH is 1. The van der Waals surface area contributed by atoms with E-state index in [1.807, 2.05) is 6.07 Å². The molecule has 0 saturated heterocycles. The lowest BCUT2D eigenvalue weighted by Gasteiger charge is -2.22.